The molecule has 0 amide bonds. The molecule has 0 aliphatic rings. The predicted octanol–water partition coefficient (Wildman–Crippen LogP) is 1.67. The first-order valence-electron chi connectivity index (χ1n) is 4.50. The molecule has 0 bridgehead atoms. The molecule has 1 N–H and O–H groups in total. The van der Waals surface area contributed by atoms with Crippen molar-refractivity contribution >= 4 is 0 Å². The summed E-state index contributed by atoms with van der Waals surface area (Å²) in [5.74, 6) is 0. The highest BCUT2D eigenvalue weighted by molar-refractivity contribution is 5.35. The van der Waals surface area contributed by atoms with Gasteiger partial charge in [0.05, 0.1) is 18.6 Å². The lowest BCUT2D eigenvalue weighted by atomic mass is 10.2. The van der Waals surface area contributed by atoms with Crippen LogP contribution in [0.15, 0.2) is 36.8 Å². The third-order valence-electron chi connectivity index (χ3n) is 2.10. The second-order valence-electron chi connectivity index (χ2n) is 3.27. The van der Waals surface area contributed by atoms with Crippen LogP contribution in [0.25, 0.3) is 5.69 Å². The van der Waals surface area contributed by atoms with Crippen molar-refractivity contribution in [2.45, 2.75) is 13.5 Å². The van der Waals surface area contributed by atoms with Crippen LogP contribution in [0, 0.1) is 6.92 Å². The number of aryl methyl sites for hydroxylation is 1. The van der Waals surface area contributed by atoms with Crippen molar-refractivity contribution in [3.05, 3.63) is 48.0 Å². The van der Waals surface area contributed by atoms with E-state index in [9.17, 15) is 0 Å². The third-order valence-corrected chi connectivity index (χ3v) is 2.10. The molecule has 3 heteroatoms. The molecule has 3 nitrogen and oxygen atoms in total. The second kappa shape index (κ2) is 3.64. The summed E-state index contributed by atoms with van der Waals surface area (Å²) in [6.07, 6.45) is 3.54. The molecule has 1 heterocycles. The van der Waals surface area contributed by atoms with E-state index in [1.54, 1.807) is 6.33 Å². The molecule has 14 heavy (non-hydrogen) atoms. The van der Waals surface area contributed by atoms with Gasteiger partial charge in [0.2, 0.25) is 0 Å². The lowest BCUT2D eigenvalue weighted by Crippen LogP contribution is -1.89. The largest absolute Gasteiger partial charge is 0.390 e. The molecule has 0 aliphatic heterocycles. The van der Waals surface area contributed by atoms with Crippen molar-refractivity contribution < 1.29 is 5.11 Å². The highest BCUT2D eigenvalue weighted by Crippen LogP contribution is 2.10. The summed E-state index contributed by atoms with van der Waals surface area (Å²) in [4.78, 5) is 4.05. The average molecular weight is 188 g/mol. The molecule has 0 atom stereocenters. The molecule has 0 unspecified atom stereocenters. The SMILES string of the molecule is Cc1cccc(-n2cnc(CO)c2)c1. The maximum atomic E-state index is 8.88. The molecule has 0 radical (unpaired) electrons. The number of imidazole rings is 1. The smallest absolute Gasteiger partial charge is 0.0996 e. The minimum absolute atomic E-state index is 0.0151. The zero-order chi connectivity index (χ0) is 9.97. The molecule has 1 aromatic carbocycles. The topological polar surface area (TPSA) is 38.0 Å². The van der Waals surface area contributed by atoms with Gasteiger partial charge in [0.1, 0.15) is 0 Å². The van der Waals surface area contributed by atoms with Gasteiger partial charge in [-0.1, -0.05) is 12.1 Å². The van der Waals surface area contributed by atoms with Crippen LogP contribution in [0.4, 0.5) is 0 Å². The van der Waals surface area contributed by atoms with Gasteiger partial charge in [0, 0.05) is 11.9 Å². The molecular weight excluding hydrogens is 176 g/mol. The van der Waals surface area contributed by atoms with Gasteiger partial charge in [-0.2, -0.15) is 0 Å². The van der Waals surface area contributed by atoms with Crippen molar-refractivity contribution in [1.29, 1.82) is 0 Å². The van der Waals surface area contributed by atoms with Gasteiger partial charge in [0.15, 0.2) is 0 Å². The minimum Gasteiger partial charge on any atom is -0.390 e. The van der Waals surface area contributed by atoms with Crippen molar-refractivity contribution in [2.24, 2.45) is 0 Å². The molecule has 72 valence electrons. The Hall–Kier alpha value is -1.61. The van der Waals surface area contributed by atoms with Gasteiger partial charge in [-0.05, 0) is 24.6 Å². The Labute approximate surface area is 82.7 Å². The zero-order valence-electron chi connectivity index (χ0n) is 8.01. The monoisotopic (exact) mass is 188 g/mol. The summed E-state index contributed by atoms with van der Waals surface area (Å²) < 4.78 is 1.90. The standard InChI is InChI=1S/C11H12N2O/c1-9-3-2-4-11(5-9)13-6-10(7-14)12-8-13/h2-6,8,14H,7H2,1H3. The van der Waals surface area contributed by atoms with Gasteiger partial charge >= 0.3 is 0 Å². The summed E-state index contributed by atoms with van der Waals surface area (Å²) in [7, 11) is 0. The van der Waals surface area contributed by atoms with E-state index in [2.05, 4.69) is 11.1 Å². The van der Waals surface area contributed by atoms with Crippen LogP contribution in [0.5, 0.6) is 0 Å². The van der Waals surface area contributed by atoms with Crippen molar-refractivity contribution in [3.63, 3.8) is 0 Å². The fraction of sp³-hybridized carbons (Fsp3) is 0.182. The quantitative estimate of drug-likeness (QED) is 0.778. The molecule has 0 saturated heterocycles. The third kappa shape index (κ3) is 1.67. The predicted molar refractivity (Wildman–Crippen MR) is 54.2 cm³/mol. The minimum atomic E-state index is -0.0151. The molecule has 0 aliphatic carbocycles. The van der Waals surface area contributed by atoms with Crippen LogP contribution in [0.2, 0.25) is 0 Å². The van der Waals surface area contributed by atoms with E-state index < -0.39 is 0 Å². The van der Waals surface area contributed by atoms with E-state index in [1.807, 2.05) is 35.9 Å². The summed E-state index contributed by atoms with van der Waals surface area (Å²) >= 11 is 0. The van der Waals surface area contributed by atoms with Crippen LogP contribution >= 0.6 is 0 Å². The maximum absolute atomic E-state index is 8.88. The molecule has 2 rings (SSSR count). The zero-order valence-corrected chi connectivity index (χ0v) is 8.01. The number of aliphatic hydroxyl groups is 1. The first-order chi connectivity index (χ1) is 6.79. The van der Waals surface area contributed by atoms with Crippen LogP contribution in [0.1, 0.15) is 11.3 Å². The molecular formula is C11H12N2O. The number of hydrogen-bond donors (Lipinski definition) is 1. The first-order valence-corrected chi connectivity index (χ1v) is 4.50. The van der Waals surface area contributed by atoms with Crippen LogP contribution in [-0.4, -0.2) is 14.7 Å². The van der Waals surface area contributed by atoms with Crippen molar-refractivity contribution in [2.75, 3.05) is 0 Å². The number of benzene rings is 1. The van der Waals surface area contributed by atoms with Crippen LogP contribution < -0.4 is 0 Å². The average Bonchev–Trinajstić information content (AvgIpc) is 2.66. The Morgan fingerprint density at radius 2 is 2.29 bits per heavy atom. The molecule has 2 aromatic rings. The summed E-state index contributed by atoms with van der Waals surface area (Å²) in [6.45, 7) is 2.03. The first kappa shape index (κ1) is 8.97. The lowest BCUT2D eigenvalue weighted by molar-refractivity contribution is 0.277. The van der Waals surface area contributed by atoms with E-state index in [4.69, 9.17) is 5.11 Å². The van der Waals surface area contributed by atoms with Crippen molar-refractivity contribution in [1.82, 2.24) is 9.55 Å². The van der Waals surface area contributed by atoms with Gasteiger partial charge in [-0.25, -0.2) is 4.98 Å². The van der Waals surface area contributed by atoms with Gasteiger partial charge in [0.25, 0.3) is 0 Å². The molecule has 0 saturated carbocycles. The van der Waals surface area contributed by atoms with E-state index >= 15 is 0 Å². The molecule has 1 aromatic heterocycles. The number of rotatable bonds is 2. The van der Waals surface area contributed by atoms with Gasteiger partial charge in [-0.15, -0.1) is 0 Å². The second-order valence-corrected chi connectivity index (χ2v) is 3.27. The van der Waals surface area contributed by atoms with Gasteiger partial charge in [-0.3, -0.25) is 0 Å². The lowest BCUT2D eigenvalue weighted by Gasteiger charge is -2.01. The van der Waals surface area contributed by atoms with Crippen molar-refractivity contribution in [3.8, 4) is 5.69 Å². The molecule has 0 spiro atoms. The molecule has 0 fully saturated rings. The van der Waals surface area contributed by atoms with Gasteiger partial charge < -0.3 is 9.67 Å². The Bertz CT molecular complexity index is 434. The van der Waals surface area contributed by atoms with Crippen LogP contribution in [-0.2, 0) is 6.61 Å². The Morgan fingerprint density at radius 3 is 2.93 bits per heavy atom. The summed E-state index contributed by atoms with van der Waals surface area (Å²) in [6, 6.07) is 8.13. The van der Waals surface area contributed by atoms with E-state index in [0.29, 0.717) is 5.69 Å². The van der Waals surface area contributed by atoms with E-state index in [-0.39, 0.29) is 6.61 Å². The highest BCUT2D eigenvalue weighted by atomic mass is 16.3. The maximum Gasteiger partial charge on any atom is 0.0996 e. The van der Waals surface area contributed by atoms with Crippen LogP contribution in [0.3, 0.4) is 0 Å². The Balaban J connectivity index is 2.39. The Morgan fingerprint density at radius 1 is 1.43 bits per heavy atom. The number of nitrogens with zero attached hydrogens (tertiary/aromatic N) is 2. The highest BCUT2D eigenvalue weighted by Gasteiger charge is 1.99. The van der Waals surface area contributed by atoms with E-state index in [1.165, 1.54) is 5.56 Å². The fourth-order valence-electron chi connectivity index (χ4n) is 1.37. The summed E-state index contributed by atoms with van der Waals surface area (Å²) in [5.41, 5.74) is 2.96. The number of aromatic nitrogens is 2. The normalized spacial score (nSPS) is 10.4. The fourth-order valence-corrected chi connectivity index (χ4v) is 1.37. The Kier molecular flexibility index (Phi) is 2.33. The number of hydrogen-bond acceptors (Lipinski definition) is 2. The summed E-state index contributed by atoms with van der Waals surface area (Å²) in [5, 5.41) is 8.88. The van der Waals surface area contributed by atoms with E-state index in [0.717, 1.165) is 5.69 Å². The number of aliphatic hydroxyl groups excluding tert-OH is 1.